The molecule has 0 spiro atoms. The van der Waals surface area contributed by atoms with E-state index in [0.717, 1.165) is 25.3 Å². The molecule has 4 heteroatoms. The van der Waals surface area contributed by atoms with Crippen LogP contribution in [0.4, 0.5) is 0 Å². The van der Waals surface area contributed by atoms with Crippen molar-refractivity contribution in [2.75, 3.05) is 13.1 Å². The lowest BCUT2D eigenvalue weighted by molar-refractivity contribution is -0.119. The second-order valence-corrected chi connectivity index (χ2v) is 6.35. The predicted octanol–water partition coefficient (Wildman–Crippen LogP) is 1.66. The number of rotatable bonds is 6. The fourth-order valence-electron chi connectivity index (χ4n) is 3.74. The summed E-state index contributed by atoms with van der Waals surface area (Å²) >= 11 is 0. The normalized spacial score (nSPS) is 27.5. The van der Waals surface area contributed by atoms with Crippen LogP contribution in [0.3, 0.4) is 0 Å². The highest BCUT2D eigenvalue weighted by Crippen LogP contribution is 2.29. The zero-order chi connectivity index (χ0) is 13.7. The van der Waals surface area contributed by atoms with Crippen molar-refractivity contribution in [1.82, 2.24) is 4.90 Å². The molecule has 19 heavy (non-hydrogen) atoms. The van der Waals surface area contributed by atoms with E-state index < -0.39 is 0 Å². The molecule has 2 aliphatic rings. The molecule has 0 aromatic carbocycles. The van der Waals surface area contributed by atoms with Crippen LogP contribution in [0.15, 0.2) is 0 Å². The summed E-state index contributed by atoms with van der Waals surface area (Å²) in [6.45, 7) is 1.72. The summed E-state index contributed by atoms with van der Waals surface area (Å²) in [5, 5.41) is 10.3. The van der Waals surface area contributed by atoms with Crippen molar-refractivity contribution in [1.29, 1.82) is 0 Å². The largest absolute Gasteiger partial charge is 0.392 e. The van der Waals surface area contributed by atoms with Gasteiger partial charge in [-0.15, -0.1) is 0 Å². The third-order valence-corrected chi connectivity index (χ3v) is 4.71. The van der Waals surface area contributed by atoms with Crippen molar-refractivity contribution < 1.29 is 9.90 Å². The molecular formula is C15H28N2O2. The molecule has 1 heterocycles. The Balaban J connectivity index is 1.78. The van der Waals surface area contributed by atoms with Gasteiger partial charge in [0.1, 0.15) is 0 Å². The fourth-order valence-corrected chi connectivity index (χ4v) is 3.74. The fraction of sp³-hybridized carbons (Fsp3) is 0.933. The van der Waals surface area contributed by atoms with Gasteiger partial charge in [-0.25, -0.2) is 0 Å². The Morgan fingerprint density at radius 1 is 1.21 bits per heavy atom. The molecule has 4 nitrogen and oxygen atoms in total. The number of hydrogen-bond acceptors (Lipinski definition) is 3. The van der Waals surface area contributed by atoms with Crippen molar-refractivity contribution in [2.24, 2.45) is 11.7 Å². The van der Waals surface area contributed by atoms with Gasteiger partial charge in [0.25, 0.3) is 0 Å². The predicted molar refractivity (Wildman–Crippen MR) is 75.6 cm³/mol. The summed E-state index contributed by atoms with van der Waals surface area (Å²) < 4.78 is 0. The van der Waals surface area contributed by atoms with Crippen LogP contribution in [0.5, 0.6) is 0 Å². The highest BCUT2D eigenvalue weighted by Gasteiger charge is 2.27. The number of nitrogens with two attached hydrogens (primary N) is 1. The third kappa shape index (κ3) is 4.77. The lowest BCUT2D eigenvalue weighted by Gasteiger charge is -2.36. The third-order valence-electron chi connectivity index (χ3n) is 4.71. The number of nitrogens with zero attached hydrogens (tertiary/aromatic N) is 1. The highest BCUT2D eigenvalue weighted by atomic mass is 16.3. The SMILES string of the molecule is NC(=O)C[C@H]1CCCCN1C[C@@H](O)CC1CCCC1. The zero-order valence-corrected chi connectivity index (χ0v) is 11.9. The first kappa shape index (κ1) is 14.8. The summed E-state index contributed by atoms with van der Waals surface area (Å²) in [5.41, 5.74) is 5.32. The van der Waals surface area contributed by atoms with Crippen LogP contribution in [0.25, 0.3) is 0 Å². The van der Waals surface area contributed by atoms with E-state index >= 15 is 0 Å². The maximum Gasteiger partial charge on any atom is 0.218 e. The summed E-state index contributed by atoms with van der Waals surface area (Å²) in [7, 11) is 0. The Morgan fingerprint density at radius 3 is 2.58 bits per heavy atom. The smallest absolute Gasteiger partial charge is 0.218 e. The van der Waals surface area contributed by atoms with Crippen LogP contribution in [0.1, 0.15) is 57.8 Å². The van der Waals surface area contributed by atoms with Gasteiger partial charge in [-0.3, -0.25) is 9.69 Å². The van der Waals surface area contributed by atoms with Crippen LogP contribution in [-0.4, -0.2) is 41.1 Å². The van der Waals surface area contributed by atoms with E-state index in [0.29, 0.717) is 13.0 Å². The number of aliphatic hydroxyl groups is 1. The molecule has 2 rings (SSSR count). The number of aliphatic hydroxyl groups excluding tert-OH is 1. The van der Waals surface area contributed by atoms with E-state index in [1.54, 1.807) is 0 Å². The monoisotopic (exact) mass is 268 g/mol. The Kier molecular flexibility index (Phi) is 5.64. The molecule has 1 amide bonds. The summed E-state index contributed by atoms with van der Waals surface area (Å²) in [6, 6.07) is 0.254. The first-order valence-electron chi connectivity index (χ1n) is 7.85. The molecule has 1 aliphatic carbocycles. The van der Waals surface area contributed by atoms with Crippen LogP contribution < -0.4 is 5.73 Å². The van der Waals surface area contributed by atoms with Gasteiger partial charge in [0.15, 0.2) is 0 Å². The number of hydrogen-bond donors (Lipinski definition) is 2. The number of carbonyl (C=O) groups excluding carboxylic acids is 1. The quantitative estimate of drug-likeness (QED) is 0.770. The number of amides is 1. The van der Waals surface area contributed by atoms with Gasteiger partial charge < -0.3 is 10.8 Å². The van der Waals surface area contributed by atoms with E-state index in [2.05, 4.69) is 4.90 Å². The van der Waals surface area contributed by atoms with Crippen molar-refractivity contribution >= 4 is 5.91 Å². The molecule has 0 radical (unpaired) electrons. The van der Waals surface area contributed by atoms with E-state index in [-0.39, 0.29) is 18.1 Å². The van der Waals surface area contributed by atoms with Gasteiger partial charge >= 0.3 is 0 Å². The second kappa shape index (κ2) is 7.25. The van der Waals surface area contributed by atoms with Crippen molar-refractivity contribution in [2.45, 2.75) is 69.9 Å². The second-order valence-electron chi connectivity index (χ2n) is 6.35. The Labute approximate surface area is 116 Å². The Hall–Kier alpha value is -0.610. The van der Waals surface area contributed by atoms with Crippen LogP contribution in [0.2, 0.25) is 0 Å². The summed E-state index contributed by atoms with van der Waals surface area (Å²) in [6.07, 6.45) is 9.73. The van der Waals surface area contributed by atoms with Gasteiger partial charge in [-0.1, -0.05) is 32.1 Å². The van der Waals surface area contributed by atoms with Gasteiger partial charge in [-0.05, 0) is 31.7 Å². The average Bonchev–Trinajstić information content (AvgIpc) is 2.83. The Morgan fingerprint density at radius 2 is 1.89 bits per heavy atom. The lowest BCUT2D eigenvalue weighted by Crippen LogP contribution is -2.45. The summed E-state index contributed by atoms with van der Waals surface area (Å²) in [4.78, 5) is 13.4. The molecular weight excluding hydrogens is 240 g/mol. The molecule has 110 valence electrons. The molecule has 0 aromatic rings. The number of β-amino-alcohol motifs (C(OH)–C–C–N with tert-alkyl or cyclic N) is 1. The molecule has 1 aliphatic heterocycles. The molecule has 2 atom stereocenters. The minimum Gasteiger partial charge on any atom is -0.392 e. The molecule has 3 N–H and O–H groups in total. The number of piperidine rings is 1. The molecule has 0 bridgehead atoms. The van der Waals surface area contributed by atoms with Crippen molar-refractivity contribution in [3.8, 4) is 0 Å². The van der Waals surface area contributed by atoms with Gasteiger partial charge in [0.2, 0.25) is 5.91 Å². The van der Waals surface area contributed by atoms with Crippen LogP contribution in [-0.2, 0) is 4.79 Å². The van der Waals surface area contributed by atoms with E-state index in [4.69, 9.17) is 5.73 Å². The van der Waals surface area contributed by atoms with Gasteiger partial charge in [-0.2, -0.15) is 0 Å². The maximum atomic E-state index is 11.1. The van der Waals surface area contributed by atoms with E-state index in [1.807, 2.05) is 0 Å². The van der Waals surface area contributed by atoms with Gasteiger partial charge in [0, 0.05) is 19.0 Å². The maximum absolute atomic E-state index is 11.1. The number of carbonyl (C=O) groups is 1. The van der Waals surface area contributed by atoms with Crippen molar-refractivity contribution in [3.63, 3.8) is 0 Å². The zero-order valence-electron chi connectivity index (χ0n) is 11.9. The molecule has 0 aromatic heterocycles. The van der Waals surface area contributed by atoms with Crippen LogP contribution >= 0.6 is 0 Å². The van der Waals surface area contributed by atoms with Crippen molar-refractivity contribution in [3.05, 3.63) is 0 Å². The Bertz CT molecular complexity index is 290. The molecule has 0 unspecified atom stereocenters. The van der Waals surface area contributed by atoms with Gasteiger partial charge in [0.05, 0.1) is 6.10 Å². The molecule has 1 saturated carbocycles. The lowest BCUT2D eigenvalue weighted by atomic mass is 9.96. The first-order valence-corrected chi connectivity index (χ1v) is 7.85. The number of primary amides is 1. The van der Waals surface area contributed by atoms with E-state index in [1.165, 1.54) is 38.5 Å². The highest BCUT2D eigenvalue weighted by molar-refractivity contribution is 5.74. The minimum atomic E-state index is -0.239. The van der Waals surface area contributed by atoms with E-state index in [9.17, 15) is 9.90 Å². The molecule has 1 saturated heterocycles. The molecule has 2 fully saturated rings. The summed E-state index contributed by atoms with van der Waals surface area (Å²) in [5.74, 6) is 0.497. The average molecular weight is 268 g/mol. The standard InChI is InChI=1S/C15H28N2O2/c16-15(19)10-13-7-3-4-8-17(13)11-14(18)9-12-5-1-2-6-12/h12-14,18H,1-11H2,(H2,16,19)/t13-,14+/m1/s1. The topological polar surface area (TPSA) is 66.6 Å². The number of likely N-dealkylation sites (tertiary alicyclic amines) is 1. The van der Waals surface area contributed by atoms with Crippen LogP contribution in [0, 0.1) is 5.92 Å². The minimum absolute atomic E-state index is 0.220. The first-order chi connectivity index (χ1) is 9.15.